The topological polar surface area (TPSA) is 63.7 Å². The van der Waals surface area contributed by atoms with E-state index in [1.165, 1.54) is 36.4 Å². The Morgan fingerprint density at radius 2 is 1.62 bits per heavy atom. The zero-order valence-corrected chi connectivity index (χ0v) is 17.7. The van der Waals surface area contributed by atoms with E-state index in [1.807, 2.05) is 6.92 Å². The van der Waals surface area contributed by atoms with Crippen LogP contribution in [0.3, 0.4) is 0 Å². The van der Waals surface area contributed by atoms with Crippen LogP contribution in [0.15, 0.2) is 77.7 Å². The molecule has 0 saturated heterocycles. The number of rotatable bonds is 6. The van der Waals surface area contributed by atoms with Gasteiger partial charge in [-0.15, -0.1) is 0 Å². The van der Waals surface area contributed by atoms with Gasteiger partial charge in [-0.1, -0.05) is 59.1 Å². The summed E-state index contributed by atoms with van der Waals surface area (Å²) in [5.74, 6) is -0.582. The molecule has 29 heavy (non-hydrogen) atoms. The Morgan fingerprint density at radius 1 is 0.966 bits per heavy atom. The molecule has 3 aromatic rings. The van der Waals surface area contributed by atoms with Crippen molar-refractivity contribution in [3.8, 4) is 5.75 Å². The van der Waals surface area contributed by atoms with Gasteiger partial charge in [-0.05, 0) is 43.3 Å². The number of hydrogen-bond acceptors (Lipinski definition) is 4. The molecule has 0 aromatic heterocycles. The summed E-state index contributed by atoms with van der Waals surface area (Å²) in [6, 6.07) is 18.9. The monoisotopic (exact) mass is 449 g/mol. The summed E-state index contributed by atoms with van der Waals surface area (Å²) in [6.07, 6.45) is 0. The van der Waals surface area contributed by atoms with Gasteiger partial charge in [-0.25, -0.2) is 8.42 Å². The molecule has 1 amide bonds. The number of sulfonamides is 1. The van der Waals surface area contributed by atoms with E-state index in [0.29, 0.717) is 5.02 Å². The van der Waals surface area contributed by atoms with Gasteiger partial charge in [-0.3, -0.25) is 4.79 Å². The van der Waals surface area contributed by atoms with Gasteiger partial charge >= 0.3 is 0 Å². The lowest BCUT2D eigenvalue weighted by Crippen LogP contribution is -2.40. The summed E-state index contributed by atoms with van der Waals surface area (Å²) in [7, 11) is -4.15. The van der Waals surface area contributed by atoms with E-state index in [-0.39, 0.29) is 21.4 Å². The van der Waals surface area contributed by atoms with Crippen molar-refractivity contribution in [1.82, 2.24) is 0 Å². The number of anilines is 1. The van der Waals surface area contributed by atoms with Crippen molar-refractivity contribution in [1.29, 1.82) is 0 Å². The van der Waals surface area contributed by atoms with Gasteiger partial charge in [0.2, 0.25) is 0 Å². The van der Waals surface area contributed by atoms with Crippen molar-refractivity contribution in [2.75, 3.05) is 10.9 Å². The average Bonchev–Trinajstić information content (AvgIpc) is 2.70. The van der Waals surface area contributed by atoms with E-state index >= 15 is 0 Å². The number of para-hydroxylation sites is 1. The highest BCUT2D eigenvalue weighted by molar-refractivity contribution is 7.93. The number of nitrogens with zero attached hydrogens (tertiary/aromatic N) is 1. The highest BCUT2D eigenvalue weighted by Crippen LogP contribution is 2.29. The van der Waals surface area contributed by atoms with Gasteiger partial charge in [-0.2, -0.15) is 4.31 Å². The number of benzene rings is 3. The van der Waals surface area contributed by atoms with Crippen LogP contribution in [0.25, 0.3) is 0 Å². The SMILES string of the molecule is Cc1ccc(S(=O)(=O)N(C(=O)COc2cc(Cl)ccc2Cl)c2ccccc2)cc1. The molecule has 0 heterocycles. The van der Waals surface area contributed by atoms with Crippen molar-refractivity contribution < 1.29 is 17.9 Å². The number of hydrogen-bond donors (Lipinski definition) is 0. The third-order valence-electron chi connectivity index (χ3n) is 4.02. The van der Waals surface area contributed by atoms with Crippen molar-refractivity contribution in [2.24, 2.45) is 0 Å². The van der Waals surface area contributed by atoms with Crippen LogP contribution in [0.5, 0.6) is 5.75 Å². The van der Waals surface area contributed by atoms with Crippen molar-refractivity contribution in [3.05, 3.63) is 88.4 Å². The number of aryl methyl sites for hydroxylation is 1. The van der Waals surface area contributed by atoms with Crippen LogP contribution >= 0.6 is 23.2 Å². The van der Waals surface area contributed by atoms with Gasteiger partial charge < -0.3 is 4.74 Å². The Hall–Kier alpha value is -2.54. The summed E-state index contributed by atoms with van der Waals surface area (Å²) in [5.41, 5.74) is 1.11. The van der Waals surface area contributed by atoms with E-state index in [9.17, 15) is 13.2 Å². The van der Waals surface area contributed by atoms with Crippen LogP contribution < -0.4 is 9.04 Å². The molecule has 0 aliphatic heterocycles. The van der Waals surface area contributed by atoms with Gasteiger partial charge in [0, 0.05) is 11.1 Å². The molecule has 0 fully saturated rings. The summed E-state index contributed by atoms with van der Waals surface area (Å²) in [5, 5.41) is 0.638. The van der Waals surface area contributed by atoms with E-state index in [2.05, 4.69) is 0 Å². The van der Waals surface area contributed by atoms with Crippen LogP contribution in [0, 0.1) is 6.92 Å². The maximum absolute atomic E-state index is 13.2. The minimum atomic E-state index is -4.15. The van der Waals surface area contributed by atoms with Crippen LogP contribution in [0.1, 0.15) is 5.56 Å². The van der Waals surface area contributed by atoms with Crippen molar-refractivity contribution in [2.45, 2.75) is 11.8 Å². The normalized spacial score (nSPS) is 11.1. The standard InChI is InChI=1S/C21H17Cl2NO4S/c1-15-7-10-18(11-8-15)29(26,27)24(17-5-3-2-4-6-17)21(25)14-28-20-13-16(22)9-12-19(20)23/h2-13H,14H2,1H3. The first-order valence-electron chi connectivity index (χ1n) is 8.57. The number of carbonyl (C=O) groups is 1. The molecular formula is C21H17Cl2NO4S. The second-order valence-electron chi connectivity index (χ2n) is 6.18. The van der Waals surface area contributed by atoms with E-state index in [4.69, 9.17) is 27.9 Å². The molecule has 0 aliphatic rings. The van der Waals surface area contributed by atoms with Crippen LogP contribution in [0.4, 0.5) is 5.69 Å². The van der Waals surface area contributed by atoms with Crippen molar-refractivity contribution in [3.63, 3.8) is 0 Å². The molecule has 3 aromatic carbocycles. The Morgan fingerprint density at radius 3 is 2.28 bits per heavy atom. The molecule has 150 valence electrons. The number of halogens is 2. The van der Waals surface area contributed by atoms with E-state index in [0.717, 1.165) is 9.87 Å². The molecule has 0 saturated carbocycles. The minimum absolute atomic E-state index is 0.00101. The summed E-state index contributed by atoms with van der Waals surface area (Å²) >= 11 is 12.0. The second-order valence-corrected chi connectivity index (χ2v) is 8.81. The first-order valence-corrected chi connectivity index (χ1v) is 10.8. The van der Waals surface area contributed by atoms with Gasteiger partial charge in [0.15, 0.2) is 6.61 Å². The molecule has 3 rings (SSSR count). The zero-order valence-electron chi connectivity index (χ0n) is 15.4. The molecular weight excluding hydrogens is 433 g/mol. The molecule has 0 bridgehead atoms. The first kappa shape index (κ1) is 21.2. The quantitative estimate of drug-likeness (QED) is 0.524. The Labute approximate surface area is 179 Å². The van der Waals surface area contributed by atoms with Gasteiger partial charge in [0.1, 0.15) is 5.75 Å². The van der Waals surface area contributed by atoms with Crippen LogP contribution in [-0.4, -0.2) is 20.9 Å². The Balaban J connectivity index is 1.94. The smallest absolute Gasteiger partial charge is 0.278 e. The summed E-state index contributed by atoms with van der Waals surface area (Å²) < 4.78 is 32.6. The molecule has 8 heteroatoms. The average molecular weight is 450 g/mol. The minimum Gasteiger partial charge on any atom is -0.482 e. The molecule has 0 aliphatic carbocycles. The Kier molecular flexibility index (Phi) is 6.47. The third kappa shape index (κ3) is 4.90. The fourth-order valence-electron chi connectivity index (χ4n) is 2.58. The summed E-state index contributed by atoms with van der Waals surface area (Å²) in [4.78, 5) is 12.9. The predicted octanol–water partition coefficient (Wildman–Crippen LogP) is 5.10. The fourth-order valence-corrected chi connectivity index (χ4v) is 4.33. The fraction of sp³-hybridized carbons (Fsp3) is 0.0952. The lowest BCUT2D eigenvalue weighted by Gasteiger charge is -2.23. The molecule has 5 nitrogen and oxygen atoms in total. The predicted molar refractivity (Wildman–Crippen MR) is 114 cm³/mol. The second kappa shape index (κ2) is 8.86. The molecule has 0 radical (unpaired) electrons. The maximum atomic E-state index is 13.2. The van der Waals surface area contributed by atoms with Gasteiger partial charge in [0.25, 0.3) is 15.9 Å². The molecule has 0 spiro atoms. The third-order valence-corrected chi connectivity index (χ3v) is 6.33. The number of ether oxygens (including phenoxy) is 1. The lowest BCUT2D eigenvalue weighted by molar-refractivity contribution is -0.119. The highest BCUT2D eigenvalue weighted by Gasteiger charge is 2.31. The largest absolute Gasteiger partial charge is 0.482 e. The zero-order chi connectivity index (χ0) is 21.0. The van der Waals surface area contributed by atoms with Crippen molar-refractivity contribution >= 4 is 44.8 Å². The highest BCUT2D eigenvalue weighted by atomic mass is 35.5. The Bertz CT molecular complexity index is 1120. The van der Waals surface area contributed by atoms with Crippen LogP contribution in [0.2, 0.25) is 10.0 Å². The molecule has 0 unspecified atom stereocenters. The lowest BCUT2D eigenvalue weighted by atomic mass is 10.2. The first-order chi connectivity index (χ1) is 13.8. The van der Waals surface area contributed by atoms with Crippen LogP contribution in [-0.2, 0) is 14.8 Å². The molecule has 0 atom stereocenters. The number of amides is 1. The van der Waals surface area contributed by atoms with E-state index < -0.39 is 22.5 Å². The maximum Gasteiger partial charge on any atom is 0.278 e. The molecule has 0 N–H and O–H groups in total. The number of carbonyl (C=O) groups excluding carboxylic acids is 1. The van der Waals surface area contributed by atoms with Gasteiger partial charge in [0.05, 0.1) is 15.6 Å². The summed E-state index contributed by atoms with van der Waals surface area (Å²) in [6.45, 7) is 1.30. The van der Waals surface area contributed by atoms with E-state index in [1.54, 1.807) is 36.4 Å².